The van der Waals surface area contributed by atoms with Crippen molar-refractivity contribution in [1.29, 1.82) is 0 Å². The Bertz CT molecular complexity index is 695. The SMILES string of the molecule is Cn1c(N)nc([C@@H]2C[C@@H]2c2cccc(Br)c2)cc1=O. The van der Waals surface area contributed by atoms with Crippen LogP contribution in [0.3, 0.4) is 0 Å². The van der Waals surface area contributed by atoms with Gasteiger partial charge in [-0.25, -0.2) is 4.98 Å². The van der Waals surface area contributed by atoms with Crippen LogP contribution in [0.25, 0.3) is 0 Å². The van der Waals surface area contributed by atoms with Crippen LogP contribution < -0.4 is 11.3 Å². The lowest BCUT2D eigenvalue weighted by Crippen LogP contribution is -2.21. The highest BCUT2D eigenvalue weighted by Crippen LogP contribution is 2.54. The van der Waals surface area contributed by atoms with Gasteiger partial charge in [-0.3, -0.25) is 9.36 Å². The predicted molar refractivity (Wildman–Crippen MR) is 78.1 cm³/mol. The molecule has 1 aliphatic rings. The molecule has 19 heavy (non-hydrogen) atoms. The fourth-order valence-electron chi connectivity index (χ4n) is 2.39. The molecular weight excluding hydrogens is 306 g/mol. The molecule has 3 rings (SSSR count). The van der Waals surface area contributed by atoms with Gasteiger partial charge in [0.15, 0.2) is 0 Å². The maximum atomic E-state index is 11.7. The molecule has 1 heterocycles. The first-order valence-electron chi connectivity index (χ1n) is 6.15. The number of nitrogen functional groups attached to an aromatic ring is 1. The van der Waals surface area contributed by atoms with E-state index < -0.39 is 0 Å². The average Bonchev–Trinajstić information content (AvgIpc) is 3.15. The largest absolute Gasteiger partial charge is 0.369 e. The first-order valence-corrected chi connectivity index (χ1v) is 6.94. The molecule has 2 aromatic rings. The summed E-state index contributed by atoms with van der Waals surface area (Å²) in [6.07, 6.45) is 1.02. The van der Waals surface area contributed by atoms with E-state index in [1.54, 1.807) is 13.1 Å². The number of nitrogens with two attached hydrogens (primary N) is 1. The predicted octanol–water partition coefficient (Wildman–Crippen LogP) is 2.40. The Hall–Kier alpha value is -1.62. The van der Waals surface area contributed by atoms with Crippen LogP contribution in [0, 0.1) is 0 Å². The normalized spacial score (nSPS) is 21.4. The molecule has 0 amide bonds. The molecule has 0 spiro atoms. The van der Waals surface area contributed by atoms with Crippen molar-refractivity contribution in [2.24, 2.45) is 7.05 Å². The van der Waals surface area contributed by atoms with Crippen molar-refractivity contribution in [3.8, 4) is 0 Å². The number of hydrogen-bond donors (Lipinski definition) is 1. The summed E-state index contributed by atoms with van der Waals surface area (Å²) in [4.78, 5) is 16.0. The van der Waals surface area contributed by atoms with Crippen molar-refractivity contribution < 1.29 is 0 Å². The molecule has 4 nitrogen and oxygen atoms in total. The van der Waals surface area contributed by atoms with Crippen LogP contribution in [-0.2, 0) is 7.05 Å². The van der Waals surface area contributed by atoms with Crippen LogP contribution in [0.4, 0.5) is 5.95 Å². The molecule has 1 aromatic carbocycles. The smallest absolute Gasteiger partial charge is 0.254 e. The molecule has 98 valence electrons. The van der Waals surface area contributed by atoms with E-state index in [9.17, 15) is 4.79 Å². The molecule has 2 atom stereocenters. The fraction of sp³-hybridized carbons (Fsp3) is 0.286. The van der Waals surface area contributed by atoms with Gasteiger partial charge in [-0.15, -0.1) is 0 Å². The second-order valence-electron chi connectivity index (χ2n) is 4.94. The third-order valence-corrected chi connectivity index (χ3v) is 4.13. The summed E-state index contributed by atoms with van der Waals surface area (Å²) in [5.41, 5.74) is 7.73. The maximum Gasteiger partial charge on any atom is 0.254 e. The number of nitrogens with zero attached hydrogens (tertiary/aromatic N) is 2. The molecule has 0 bridgehead atoms. The van der Waals surface area contributed by atoms with E-state index in [4.69, 9.17) is 5.73 Å². The maximum absolute atomic E-state index is 11.7. The van der Waals surface area contributed by atoms with Crippen LogP contribution in [-0.4, -0.2) is 9.55 Å². The van der Waals surface area contributed by atoms with E-state index in [1.807, 2.05) is 12.1 Å². The topological polar surface area (TPSA) is 60.9 Å². The van der Waals surface area contributed by atoms with Gasteiger partial charge < -0.3 is 5.73 Å². The van der Waals surface area contributed by atoms with Gasteiger partial charge >= 0.3 is 0 Å². The molecule has 0 aliphatic heterocycles. The van der Waals surface area contributed by atoms with Crippen LogP contribution in [0.15, 0.2) is 39.6 Å². The van der Waals surface area contributed by atoms with Crippen molar-refractivity contribution in [2.45, 2.75) is 18.3 Å². The van der Waals surface area contributed by atoms with Crippen molar-refractivity contribution in [2.75, 3.05) is 5.73 Å². The Morgan fingerprint density at radius 1 is 1.37 bits per heavy atom. The van der Waals surface area contributed by atoms with Gasteiger partial charge in [-0.1, -0.05) is 28.1 Å². The Labute approximate surface area is 119 Å². The van der Waals surface area contributed by atoms with Gasteiger partial charge in [-0.2, -0.15) is 0 Å². The Morgan fingerprint density at radius 2 is 2.16 bits per heavy atom. The average molecular weight is 320 g/mol. The Morgan fingerprint density at radius 3 is 2.84 bits per heavy atom. The highest BCUT2D eigenvalue weighted by molar-refractivity contribution is 9.10. The minimum Gasteiger partial charge on any atom is -0.369 e. The molecule has 0 saturated heterocycles. The van der Waals surface area contributed by atoms with E-state index in [1.165, 1.54) is 10.1 Å². The van der Waals surface area contributed by atoms with Gasteiger partial charge in [0.05, 0.1) is 5.69 Å². The van der Waals surface area contributed by atoms with Gasteiger partial charge in [0.2, 0.25) is 5.95 Å². The quantitative estimate of drug-likeness (QED) is 0.924. The summed E-state index contributed by atoms with van der Waals surface area (Å²) in [5, 5.41) is 0. The molecule has 1 fully saturated rings. The van der Waals surface area contributed by atoms with E-state index >= 15 is 0 Å². The number of halogens is 1. The number of anilines is 1. The Kier molecular flexibility index (Phi) is 2.93. The highest BCUT2D eigenvalue weighted by Gasteiger charge is 2.41. The van der Waals surface area contributed by atoms with Crippen molar-refractivity contribution in [3.05, 3.63) is 56.4 Å². The molecule has 5 heteroatoms. The van der Waals surface area contributed by atoms with Crippen molar-refractivity contribution in [1.82, 2.24) is 9.55 Å². The van der Waals surface area contributed by atoms with E-state index in [0.29, 0.717) is 11.8 Å². The first-order chi connectivity index (χ1) is 9.06. The third kappa shape index (κ3) is 2.30. The summed E-state index contributed by atoms with van der Waals surface area (Å²) in [5.74, 6) is 1.03. The zero-order chi connectivity index (χ0) is 13.6. The highest BCUT2D eigenvalue weighted by atomic mass is 79.9. The number of rotatable bonds is 2. The van der Waals surface area contributed by atoms with E-state index in [-0.39, 0.29) is 11.5 Å². The van der Waals surface area contributed by atoms with Gasteiger partial charge in [-0.05, 0) is 30.0 Å². The fourth-order valence-corrected chi connectivity index (χ4v) is 2.81. The van der Waals surface area contributed by atoms with Crippen molar-refractivity contribution in [3.63, 3.8) is 0 Å². The number of aromatic nitrogens is 2. The molecule has 0 unspecified atom stereocenters. The van der Waals surface area contributed by atoms with Crippen molar-refractivity contribution >= 4 is 21.9 Å². The second kappa shape index (κ2) is 4.49. The molecule has 2 N–H and O–H groups in total. The number of benzene rings is 1. The van der Waals surface area contributed by atoms with E-state index in [0.717, 1.165) is 16.6 Å². The van der Waals surface area contributed by atoms with Gasteiger partial charge in [0, 0.05) is 23.5 Å². The summed E-state index contributed by atoms with van der Waals surface area (Å²) < 4.78 is 2.44. The number of hydrogen-bond acceptors (Lipinski definition) is 3. The monoisotopic (exact) mass is 319 g/mol. The second-order valence-corrected chi connectivity index (χ2v) is 5.86. The summed E-state index contributed by atoms with van der Waals surface area (Å²) in [6, 6.07) is 9.86. The summed E-state index contributed by atoms with van der Waals surface area (Å²) in [7, 11) is 1.63. The third-order valence-electron chi connectivity index (χ3n) is 3.64. The molecule has 1 saturated carbocycles. The minimum absolute atomic E-state index is 0.0950. The lowest BCUT2D eigenvalue weighted by atomic mass is 10.1. The van der Waals surface area contributed by atoms with Crippen LogP contribution in [0.5, 0.6) is 0 Å². The first kappa shape index (κ1) is 12.4. The van der Waals surface area contributed by atoms with Crippen LogP contribution in [0.1, 0.15) is 29.5 Å². The Balaban J connectivity index is 1.89. The van der Waals surface area contributed by atoms with Gasteiger partial charge in [0.1, 0.15) is 0 Å². The molecule has 1 aromatic heterocycles. The molecule has 0 radical (unpaired) electrons. The zero-order valence-corrected chi connectivity index (χ0v) is 12.1. The standard InChI is InChI=1S/C14H14BrN3O/c1-18-13(19)7-12(17-14(18)16)11-6-10(11)8-3-2-4-9(15)5-8/h2-5,7,10-11H,6H2,1H3,(H2,16,17)/t10-,11-/m1/s1. The van der Waals surface area contributed by atoms with Crippen LogP contribution in [0.2, 0.25) is 0 Å². The zero-order valence-electron chi connectivity index (χ0n) is 10.5. The van der Waals surface area contributed by atoms with Gasteiger partial charge in [0.25, 0.3) is 5.56 Å². The molecule has 1 aliphatic carbocycles. The van der Waals surface area contributed by atoms with E-state index in [2.05, 4.69) is 33.0 Å². The molecular formula is C14H14BrN3O. The summed E-state index contributed by atoms with van der Waals surface area (Å²) >= 11 is 3.48. The summed E-state index contributed by atoms with van der Waals surface area (Å²) in [6.45, 7) is 0. The minimum atomic E-state index is -0.0950. The lowest BCUT2D eigenvalue weighted by Gasteiger charge is -2.05. The van der Waals surface area contributed by atoms with Crippen LogP contribution >= 0.6 is 15.9 Å². The lowest BCUT2D eigenvalue weighted by molar-refractivity contribution is 0.813.